The maximum absolute atomic E-state index is 13.1. The van der Waals surface area contributed by atoms with Gasteiger partial charge in [0.15, 0.2) is 0 Å². The molecule has 0 aliphatic heterocycles. The Balaban J connectivity index is 2.24. The average Bonchev–Trinajstić information content (AvgIpc) is 2.58. The van der Waals surface area contributed by atoms with E-state index in [1.165, 1.54) is 4.31 Å². The Morgan fingerprint density at radius 1 is 1.00 bits per heavy atom. The van der Waals surface area contributed by atoms with Crippen LogP contribution in [0.1, 0.15) is 31.9 Å². The molecule has 0 unspecified atom stereocenters. The molecule has 0 bridgehead atoms. The van der Waals surface area contributed by atoms with Crippen LogP contribution < -0.4 is 5.32 Å². The molecule has 0 spiro atoms. The molecule has 2 aromatic rings. The summed E-state index contributed by atoms with van der Waals surface area (Å²) in [7, 11) is -3.77. The van der Waals surface area contributed by atoms with E-state index in [-0.39, 0.29) is 23.9 Å². The van der Waals surface area contributed by atoms with Crippen LogP contribution in [0, 0.1) is 6.92 Å². The first kappa shape index (κ1) is 21.1. The van der Waals surface area contributed by atoms with Crippen molar-refractivity contribution < 1.29 is 13.2 Å². The van der Waals surface area contributed by atoms with Gasteiger partial charge in [0.25, 0.3) is 0 Å². The number of rotatable bonds is 7. The van der Waals surface area contributed by atoms with Crippen LogP contribution >= 0.6 is 0 Å². The van der Waals surface area contributed by atoms with Crippen LogP contribution in [0.25, 0.3) is 0 Å². The third-order valence-electron chi connectivity index (χ3n) is 3.99. The van der Waals surface area contributed by atoms with E-state index in [1.807, 2.05) is 58.0 Å². The average molecular weight is 389 g/mol. The molecular formula is C21H28N2O3S. The molecule has 0 saturated carbocycles. The predicted octanol–water partition coefficient (Wildman–Crippen LogP) is 3.14. The van der Waals surface area contributed by atoms with Gasteiger partial charge in [0.2, 0.25) is 15.9 Å². The highest BCUT2D eigenvalue weighted by atomic mass is 32.2. The quantitative estimate of drug-likeness (QED) is 0.792. The molecule has 0 aliphatic rings. The molecule has 0 aromatic heterocycles. The molecule has 146 valence electrons. The first-order valence-corrected chi connectivity index (χ1v) is 10.4. The maximum Gasteiger partial charge on any atom is 0.243 e. The molecule has 0 heterocycles. The zero-order chi connectivity index (χ0) is 20.1. The molecule has 2 aromatic carbocycles. The number of nitrogens with zero attached hydrogens (tertiary/aromatic N) is 1. The van der Waals surface area contributed by atoms with Gasteiger partial charge in [-0.15, -0.1) is 0 Å². The Kier molecular flexibility index (Phi) is 6.78. The number of benzene rings is 2. The van der Waals surface area contributed by atoms with Gasteiger partial charge in [-0.3, -0.25) is 4.79 Å². The molecular weight excluding hydrogens is 360 g/mol. The van der Waals surface area contributed by atoms with E-state index in [0.29, 0.717) is 6.42 Å². The summed E-state index contributed by atoms with van der Waals surface area (Å²) in [5, 5.41) is 2.84. The summed E-state index contributed by atoms with van der Waals surface area (Å²) in [5.41, 5.74) is 1.59. The number of aryl methyl sites for hydroxylation is 1. The van der Waals surface area contributed by atoms with Crippen molar-refractivity contribution in [3.8, 4) is 0 Å². The highest BCUT2D eigenvalue weighted by Crippen LogP contribution is 2.17. The number of hydrogen-bond donors (Lipinski definition) is 1. The van der Waals surface area contributed by atoms with Gasteiger partial charge < -0.3 is 5.32 Å². The summed E-state index contributed by atoms with van der Waals surface area (Å²) in [5.74, 6) is -0.314. The largest absolute Gasteiger partial charge is 0.350 e. The molecule has 0 aliphatic carbocycles. The third kappa shape index (κ3) is 6.48. The van der Waals surface area contributed by atoms with Crippen molar-refractivity contribution in [2.75, 3.05) is 13.1 Å². The van der Waals surface area contributed by atoms with E-state index in [4.69, 9.17) is 0 Å². The SMILES string of the molecule is Cc1ccc(S(=O)(=O)N(CCc2ccccc2)CC(=O)NC(C)(C)C)cc1. The highest BCUT2D eigenvalue weighted by molar-refractivity contribution is 7.89. The second-order valence-electron chi connectivity index (χ2n) is 7.69. The van der Waals surface area contributed by atoms with Crippen LogP contribution in [0.2, 0.25) is 0 Å². The molecule has 0 saturated heterocycles. The van der Waals surface area contributed by atoms with Crippen LogP contribution in [0.3, 0.4) is 0 Å². The molecule has 0 fully saturated rings. The Hall–Kier alpha value is -2.18. The number of hydrogen-bond acceptors (Lipinski definition) is 3. The summed E-state index contributed by atoms with van der Waals surface area (Å²) in [6.07, 6.45) is 0.536. The first-order chi connectivity index (χ1) is 12.6. The summed E-state index contributed by atoms with van der Waals surface area (Å²) in [4.78, 5) is 12.6. The van der Waals surface area contributed by atoms with Crippen molar-refractivity contribution in [2.24, 2.45) is 0 Å². The summed E-state index contributed by atoms with van der Waals surface area (Å²) in [6.45, 7) is 7.54. The zero-order valence-electron chi connectivity index (χ0n) is 16.4. The Morgan fingerprint density at radius 3 is 2.15 bits per heavy atom. The lowest BCUT2D eigenvalue weighted by molar-refractivity contribution is -0.122. The topological polar surface area (TPSA) is 66.5 Å². The zero-order valence-corrected chi connectivity index (χ0v) is 17.2. The Labute approximate surface area is 162 Å². The van der Waals surface area contributed by atoms with Crippen LogP contribution in [0.4, 0.5) is 0 Å². The lowest BCUT2D eigenvalue weighted by atomic mass is 10.1. The minimum atomic E-state index is -3.77. The van der Waals surface area contributed by atoms with E-state index in [2.05, 4.69) is 5.32 Å². The fourth-order valence-electron chi connectivity index (χ4n) is 2.66. The lowest BCUT2D eigenvalue weighted by Crippen LogP contribution is -2.47. The number of sulfonamides is 1. The van der Waals surface area contributed by atoms with E-state index in [9.17, 15) is 13.2 Å². The Morgan fingerprint density at radius 2 is 1.59 bits per heavy atom. The number of nitrogens with one attached hydrogen (secondary N) is 1. The van der Waals surface area contributed by atoms with Gasteiger partial charge in [0, 0.05) is 12.1 Å². The highest BCUT2D eigenvalue weighted by Gasteiger charge is 2.27. The smallest absolute Gasteiger partial charge is 0.243 e. The molecule has 1 N–H and O–H groups in total. The predicted molar refractivity (Wildman–Crippen MR) is 108 cm³/mol. The van der Waals surface area contributed by atoms with Gasteiger partial charge in [0.1, 0.15) is 0 Å². The normalized spacial score (nSPS) is 12.2. The van der Waals surface area contributed by atoms with Crippen LogP contribution in [0.5, 0.6) is 0 Å². The van der Waals surface area contributed by atoms with Gasteiger partial charge in [-0.1, -0.05) is 48.0 Å². The maximum atomic E-state index is 13.1. The minimum Gasteiger partial charge on any atom is -0.350 e. The van der Waals surface area contributed by atoms with Crippen molar-refractivity contribution in [2.45, 2.75) is 44.6 Å². The van der Waals surface area contributed by atoms with Crippen molar-refractivity contribution >= 4 is 15.9 Å². The van der Waals surface area contributed by atoms with E-state index < -0.39 is 15.6 Å². The number of carbonyl (C=O) groups is 1. The van der Waals surface area contributed by atoms with E-state index >= 15 is 0 Å². The van der Waals surface area contributed by atoms with Gasteiger partial charge in [-0.25, -0.2) is 8.42 Å². The molecule has 1 amide bonds. The molecule has 0 atom stereocenters. The monoisotopic (exact) mass is 388 g/mol. The second kappa shape index (κ2) is 8.67. The summed E-state index contributed by atoms with van der Waals surface area (Å²) < 4.78 is 27.5. The van der Waals surface area contributed by atoms with E-state index in [0.717, 1.165) is 11.1 Å². The lowest BCUT2D eigenvalue weighted by Gasteiger charge is -2.25. The first-order valence-electron chi connectivity index (χ1n) is 9.00. The van der Waals surface area contributed by atoms with Gasteiger partial charge in [-0.2, -0.15) is 4.31 Å². The molecule has 0 radical (unpaired) electrons. The van der Waals surface area contributed by atoms with Crippen molar-refractivity contribution in [1.82, 2.24) is 9.62 Å². The minimum absolute atomic E-state index is 0.199. The van der Waals surface area contributed by atoms with Crippen molar-refractivity contribution in [3.63, 3.8) is 0 Å². The third-order valence-corrected chi connectivity index (χ3v) is 5.85. The van der Waals surface area contributed by atoms with Crippen LogP contribution in [0.15, 0.2) is 59.5 Å². The molecule has 27 heavy (non-hydrogen) atoms. The summed E-state index contributed by atoms with van der Waals surface area (Å²) in [6, 6.07) is 16.3. The number of carbonyl (C=O) groups excluding carboxylic acids is 1. The number of amides is 1. The van der Waals surface area contributed by atoms with Crippen molar-refractivity contribution in [1.29, 1.82) is 0 Å². The van der Waals surface area contributed by atoms with Crippen LogP contribution in [-0.4, -0.2) is 37.3 Å². The fraction of sp³-hybridized carbons (Fsp3) is 0.381. The molecule has 6 heteroatoms. The van der Waals surface area contributed by atoms with Gasteiger partial charge >= 0.3 is 0 Å². The fourth-order valence-corrected chi connectivity index (χ4v) is 4.06. The van der Waals surface area contributed by atoms with Crippen molar-refractivity contribution in [3.05, 3.63) is 65.7 Å². The Bertz CT molecular complexity index is 855. The summed E-state index contributed by atoms with van der Waals surface area (Å²) >= 11 is 0. The van der Waals surface area contributed by atoms with E-state index in [1.54, 1.807) is 24.3 Å². The van der Waals surface area contributed by atoms with Gasteiger partial charge in [0.05, 0.1) is 11.4 Å². The standard InChI is InChI=1S/C21H28N2O3S/c1-17-10-12-19(13-11-17)27(25,26)23(16-20(24)22-21(2,3)4)15-14-18-8-6-5-7-9-18/h5-13H,14-16H2,1-4H3,(H,22,24). The molecule has 5 nitrogen and oxygen atoms in total. The second-order valence-corrected chi connectivity index (χ2v) is 9.62. The van der Waals surface area contributed by atoms with Gasteiger partial charge in [-0.05, 0) is 51.8 Å². The molecule has 2 rings (SSSR count). The van der Waals surface area contributed by atoms with Crippen LogP contribution in [-0.2, 0) is 21.2 Å².